The summed E-state index contributed by atoms with van der Waals surface area (Å²) in [5.41, 5.74) is 1.22. The molecule has 174 valence electrons. The minimum Gasteiger partial charge on any atom is -0.508 e. The summed E-state index contributed by atoms with van der Waals surface area (Å²) in [6.07, 6.45) is 0. The lowest BCUT2D eigenvalue weighted by molar-refractivity contribution is -0.132. The van der Waals surface area contributed by atoms with Gasteiger partial charge in [-0.05, 0) is 72.1 Å². The highest BCUT2D eigenvalue weighted by Crippen LogP contribution is 2.43. The number of phenolic OH excluding ortho intramolecular Hbond substituents is 1. The lowest BCUT2D eigenvalue weighted by atomic mass is 9.95. The molecule has 3 aromatic carbocycles. The maximum absolute atomic E-state index is 13.2. The lowest BCUT2D eigenvalue weighted by Crippen LogP contribution is -2.29. The Morgan fingerprint density at radius 1 is 1.03 bits per heavy atom. The van der Waals surface area contributed by atoms with Crippen LogP contribution in [0.5, 0.6) is 11.5 Å². The molecule has 7 heteroatoms. The highest BCUT2D eigenvalue weighted by atomic mass is 35.5. The zero-order valence-electron chi connectivity index (χ0n) is 18.7. The second-order valence-corrected chi connectivity index (χ2v) is 8.91. The normalized spacial score (nSPS) is 17.4. The average Bonchev–Trinajstić information content (AvgIpc) is 3.08. The zero-order chi connectivity index (χ0) is 24.4. The van der Waals surface area contributed by atoms with Gasteiger partial charge in [0.2, 0.25) is 0 Å². The number of ketones is 1. The summed E-state index contributed by atoms with van der Waals surface area (Å²) in [5.74, 6) is -0.935. The van der Waals surface area contributed by atoms with Gasteiger partial charge in [0.25, 0.3) is 11.7 Å². The fraction of sp³-hybridized carbons (Fsp3) is 0.185. The molecule has 6 nitrogen and oxygen atoms in total. The number of carbonyl (C=O) groups excluding carboxylic acids is 2. The molecule has 4 rings (SSSR count). The van der Waals surface area contributed by atoms with Gasteiger partial charge in [0.05, 0.1) is 18.2 Å². The van der Waals surface area contributed by atoms with Crippen molar-refractivity contribution < 1.29 is 24.5 Å². The summed E-state index contributed by atoms with van der Waals surface area (Å²) >= 11 is 6.01. The molecule has 1 unspecified atom stereocenters. The fourth-order valence-electron chi connectivity index (χ4n) is 3.84. The molecule has 1 heterocycles. The van der Waals surface area contributed by atoms with Gasteiger partial charge < -0.3 is 14.9 Å². The Hall–Kier alpha value is -3.77. The molecule has 2 N–H and O–H groups in total. The van der Waals surface area contributed by atoms with E-state index in [9.17, 15) is 19.8 Å². The van der Waals surface area contributed by atoms with Crippen molar-refractivity contribution in [2.75, 3.05) is 11.5 Å². The van der Waals surface area contributed by atoms with Gasteiger partial charge in [-0.2, -0.15) is 0 Å². The average molecular weight is 478 g/mol. The number of Topliss-reactive ketones (excluding diaryl/α,β-unsaturated/α-hetero) is 1. The van der Waals surface area contributed by atoms with E-state index >= 15 is 0 Å². The Balaban J connectivity index is 1.82. The predicted octanol–water partition coefficient (Wildman–Crippen LogP) is 5.71. The summed E-state index contributed by atoms with van der Waals surface area (Å²) in [6.45, 7) is 4.64. The standard InChI is InChI=1S/C27H24ClNO5/c1-16(2)15-34-22-12-6-17(7-13-22)25(31)23-24(18-4-3-5-21(30)14-18)29(27(33)26(23)32)20-10-8-19(28)9-11-20/h3-14,16,24,30-31H,15H2,1-2H3/b25-23-. The van der Waals surface area contributed by atoms with E-state index in [1.165, 1.54) is 17.0 Å². The topological polar surface area (TPSA) is 87.1 Å². The second-order valence-electron chi connectivity index (χ2n) is 8.47. The van der Waals surface area contributed by atoms with Crippen molar-refractivity contribution in [3.63, 3.8) is 0 Å². The number of ether oxygens (including phenoxy) is 1. The summed E-state index contributed by atoms with van der Waals surface area (Å²) in [6, 6.07) is 18.5. The molecule has 1 saturated heterocycles. The Labute approximate surface area is 202 Å². The van der Waals surface area contributed by atoms with Crippen molar-refractivity contribution in [1.82, 2.24) is 0 Å². The number of anilines is 1. The molecule has 1 fully saturated rings. The molecule has 0 bridgehead atoms. The molecule has 3 aromatic rings. The van der Waals surface area contributed by atoms with Crippen LogP contribution in [0.25, 0.3) is 5.76 Å². The van der Waals surface area contributed by atoms with E-state index in [0.717, 1.165) is 0 Å². The lowest BCUT2D eigenvalue weighted by Gasteiger charge is -2.25. The third kappa shape index (κ3) is 4.63. The van der Waals surface area contributed by atoms with Crippen LogP contribution in [0, 0.1) is 5.92 Å². The number of rotatable bonds is 6. The van der Waals surface area contributed by atoms with E-state index in [4.69, 9.17) is 16.3 Å². The molecule has 0 radical (unpaired) electrons. The summed E-state index contributed by atoms with van der Waals surface area (Å²) in [5, 5.41) is 21.7. The van der Waals surface area contributed by atoms with Crippen molar-refractivity contribution >= 4 is 34.7 Å². The number of aliphatic hydroxyl groups excluding tert-OH is 1. The van der Waals surface area contributed by atoms with Gasteiger partial charge >= 0.3 is 0 Å². The van der Waals surface area contributed by atoms with Crippen LogP contribution in [-0.2, 0) is 9.59 Å². The van der Waals surface area contributed by atoms with E-state index < -0.39 is 17.7 Å². The second kappa shape index (κ2) is 9.61. The minimum absolute atomic E-state index is 0.0224. The Morgan fingerprint density at radius 3 is 2.32 bits per heavy atom. The SMILES string of the molecule is CC(C)COc1ccc(/C(O)=C2/C(=O)C(=O)N(c3ccc(Cl)cc3)C2c2cccc(O)c2)cc1. The maximum Gasteiger partial charge on any atom is 0.300 e. The van der Waals surface area contributed by atoms with Crippen LogP contribution in [0.3, 0.4) is 0 Å². The number of nitrogens with zero attached hydrogens (tertiary/aromatic N) is 1. The highest BCUT2D eigenvalue weighted by Gasteiger charge is 2.47. The minimum atomic E-state index is -0.940. The van der Waals surface area contributed by atoms with Gasteiger partial charge in [-0.25, -0.2) is 0 Å². The monoisotopic (exact) mass is 477 g/mol. The number of carbonyl (C=O) groups is 2. The van der Waals surface area contributed by atoms with Gasteiger partial charge in [-0.3, -0.25) is 14.5 Å². The van der Waals surface area contributed by atoms with Crippen molar-refractivity contribution in [3.8, 4) is 11.5 Å². The highest BCUT2D eigenvalue weighted by molar-refractivity contribution is 6.51. The van der Waals surface area contributed by atoms with Gasteiger partial charge in [-0.1, -0.05) is 37.6 Å². The van der Waals surface area contributed by atoms with E-state index in [1.54, 1.807) is 60.7 Å². The first-order valence-electron chi connectivity index (χ1n) is 10.8. The van der Waals surface area contributed by atoms with Crippen LogP contribution in [0.4, 0.5) is 5.69 Å². The third-order valence-corrected chi connectivity index (χ3v) is 5.70. The molecule has 1 aliphatic heterocycles. The zero-order valence-corrected chi connectivity index (χ0v) is 19.5. The molecule has 34 heavy (non-hydrogen) atoms. The molecule has 0 aliphatic carbocycles. The Bertz CT molecular complexity index is 1250. The molecule has 0 spiro atoms. The number of aliphatic hydroxyl groups is 1. The van der Waals surface area contributed by atoms with Crippen LogP contribution in [0.2, 0.25) is 5.02 Å². The maximum atomic E-state index is 13.2. The molecule has 1 amide bonds. The van der Waals surface area contributed by atoms with Crippen molar-refractivity contribution in [2.24, 2.45) is 5.92 Å². The quantitative estimate of drug-likeness (QED) is 0.270. The molecule has 1 atom stereocenters. The number of phenols is 1. The number of benzene rings is 3. The van der Waals surface area contributed by atoms with E-state index in [1.807, 2.05) is 13.8 Å². The van der Waals surface area contributed by atoms with Crippen LogP contribution in [0.15, 0.2) is 78.4 Å². The first-order chi connectivity index (χ1) is 16.3. The van der Waals surface area contributed by atoms with Crippen molar-refractivity contribution in [2.45, 2.75) is 19.9 Å². The third-order valence-electron chi connectivity index (χ3n) is 5.45. The number of hydrogen-bond donors (Lipinski definition) is 2. The summed E-state index contributed by atoms with van der Waals surface area (Å²) < 4.78 is 5.69. The molecular formula is C27H24ClNO5. The first-order valence-corrected chi connectivity index (χ1v) is 11.2. The Morgan fingerprint density at radius 2 is 1.71 bits per heavy atom. The van der Waals surface area contributed by atoms with Gasteiger partial charge in [0.1, 0.15) is 17.3 Å². The number of hydrogen-bond acceptors (Lipinski definition) is 5. The number of halogens is 1. The van der Waals surface area contributed by atoms with Crippen LogP contribution in [0.1, 0.15) is 31.0 Å². The smallest absolute Gasteiger partial charge is 0.300 e. The van der Waals surface area contributed by atoms with Crippen molar-refractivity contribution in [1.29, 1.82) is 0 Å². The van der Waals surface area contributed by atoms with Crippen LogP contribution >= 0.6 is 11.6 Å². The van der Waals surface area contributed by atoms with Gasteiger partial charge in [0, 0.05) is 16.3 Å². The number of aromatic hydroxyl groups is 1. The molecule has 0 aromatic heterocycles. The molecule has 0 saturated carbocycles. The van der Waals surface area contributed by atoms with Gasteiger partial charge in [-0.15, -0.1) is 0 Å². The largest absolute Gasteiger partial charge is 0.508 e. The number of amides is 1. The van der Waals surface area contributed by atoms with E-state index in [0.29, 0.717) is 40.1 Å². The molecular weight excluding hydrogens is 454 g/mol. The summed E-state index contributed by atoms with van der Waals surface area (Å²) in [7, 11) is 0. The van der Waals surface area contributed by atoms with Crippen molar-refractivity contribution in [3.05, 3.63) is 94.5 Å². The van der Waals surface area contributed by atoms with Crippen LogP contribution in [-0.4, -0.2) is 28.5 Å². The van der Waals surface area contributed by atoms with Crippen LogP contribution < -0.4 is 9.64 Å². The predicted molar refractivity (Wildman–Crippen MR) is 131 cm³/mol. The van der Waals surface area contributed by atoms with E-state index in [-0.39, 0.29) is 17.1 Å². The van der Waals surface area contributed by atoms with Gasteiger partial charge in [0.15, 0.2) is 0 Å². The first kappa shape index (κ1) is 23.4. The van der Waals surface area contributed by atoms with E-state index in [2.05, 4.69) is 0 Å². The Kier molecular flexibility index (Phi) is 6.61. The molecule has 1 aliphatic rings. The fourth-order valence-corrected chi connectivity index (χ4v) is 3.96. The summed E-state index contributed by atoms with van der Waals surface area (Å²) in [4.78, 5) is 27.6.